The molecule has 0 spiro atoms. The van der Waals surface area contributed by atoms with Gasteiger partial charge in [0.05, 0.1) is 6.54 Å². The first-order valence-electron chi connectivity index (χ1n) is 12.3. The number of benzene rings is 1. The van der Waals surface area contributed by atoms with Crippen LogP contribution in [0.4, 0.5) is 5.69 Å². The Morgan fingerprint density at radius 3 is 2.44 bits per heavy atom. The van der Waals surface area contributed by atoms with E-state index < -0.39 is 5.54 Å². The first kappa shape index (κ1) is 24.0. The summed E-state index contributed by atoms with van der Waals surface area (Å²) in [6, 6.07) is 7.51. The molecule has 2 N–H and O–H groups in total. The molecule has 1 aliphatic carbocycles. The van der Waals surface area contributed by atoms with E-state index in [1.807, 2.05) is 39.0 Å². The van der Waals surface area contributed by atoms with Gasteiger partial charge in [-0.05, 0) is 63.3 Å². The number of anilines is 1. The predicted molar refractivity (Wildman–Crippen MR) is 131 cm³/mol. The Morgan fingerprint density at radius 1 is 1.12 bits per heavy atom. The van der Waals surface area contributed by atoms with Crippen LogP contribution in [0.1, 0.15) is 84.5 Å². The lowest BCUT2D eigenvalue weighted by Gasteiger charge is -2.43. The zero-order valence-electron chi connectivity index (χ0n) is 20.6. The highest BCUT2D eigenvalue weighted by molar-refractivity contribution is 6.06. The molecule has 0 radical (unpaired) electrons. The fraction of sp³-hybridized carbons (Fsp3) is 0.538. The van der Waals surface area contributed by atoms with Crippen molar-refractivity contribution in [3.05, 3.63) is 46.8 Å². The second-order valence-electron chi connectivity index (χ2n) is 9.94. The molecular weight excluding hydrogens is 430 g/mol. The van der Waals surface area contributed by atoms with Crippen LogP contribution in [0, 0.1) is 13.8 Å². The van der Waals surface area contributed by atoms with E-state index in [-0.39, 0.29) is 36.0 Å². The lowest BCUT2D eigenvalue weighted by molar-refractivity contribution is -0.133. The number of amides is 3. The van der Waals surface area contributed by atoms with Crippen LogP contribution in [-0.4, -0.2) is 50.5 Å². The van der Waals surface area contributed by atoms with Crippen LogP contribution >= 0.6 is 0 Å². The molecule has 4 rings (SSSR count). The number of aryl methyl sites for hydroxylation is 2. The molecule has 1 unspecified atom stereocenters. The topological polar surface area (TPSA) is 96.3 Å². The minimum atomic E-state index is -1.06. The van der Waals surface area contributed by atoms with Gasteiger partial charge in [0.1, 0.15) is 11.2 Å². The first-order valence-corrected chi connectivity index (χ1v) is 12.3. The molecule has 34 heavy (non-hydrogen) atoms. The summed E-state index contributed by atoms with van der Waals surface area (Å²) in [4.78, 5) is 41.6. The van der Waals surface area contributed by atoms with E-state index in [1.54, 1.807) is 4.90 Å². The summed E-state index contributed by atoms with van der Waals surface area (Å²) in [5, 5.41) is 10.5. The predicted octanol–water partition coefficient (Wildman–Crippen LogP) is 3.83. The average molecular weight is 466 g/mol. The fourth-order valence-electron chi connectivity index (χ4n) is 5.07. The van der Waals surface area contributed by atoms with E-state index in [1.165, 1.54) is 10.7 Å². The number of hydrogen-bond donors (Lipinski definition) is 2. The van der Waals surface area contributed by atoms with Gasteiger partial charge < -0.3 is 15.5 Å². The van der Waals surface area contributed by atoms with Crippen LogP contribution in [0.15, 0.2) is 24.3 Å². The molecule has 3 amide bonds. The molecule has 1 atom stereocenters. The minimum Gasteiger partial charge on any atom is -0.351 e. The largest absolute Gasteiger partial charge is 0.351 e. The molecular formula is C26H35N5O3. The second kappa shape index (κ2) is 9.60. The van der Waals surface area contributed by atoms with Crippen molar-refractivity contribution >= 4 is 23.4 Å². The Balaban J connectivity index is 1.60. The van der Waals surface area contributed by atoms with Crippen molar-refractivity contribution in [1.29, 1.82) is 0 Å². The van der Waals surface area contributed by atoms with Gasteiger partial charge in [0.15, 0.2) is 5.69 Å². The van der Waals surface area contributed by atoms with Gasteiger partial charge in [-0.25, -0.2) is 0 Å². The summed E-state index contributed by atoms with van der Waals surface area (Å²) >= 11 is 0. The van der Waals surface area contributed by atoms with Gasteiger partial charge >= 0.3 is 0 Å². The molecule has 8 heteroatoms. The highest BCUT2D eigenvalue weighted by Crippen LogP contribution is 2.29. The van der Waals surface area contributed by atoms with E-state index in [0.717, 1.165) is 49.7 Å². The van der Waals surface area contributed by atoms with E-state index in [9.17, 15) is 14.4 Å². The number of carbonyl (C=O) groups is 3. The number of aromatic nitrogens is 2. The summed E-state index contributed by atoms with van der Waals surface area (Å²) in [6.07, 6.45) is 5.88. The number of fused-ring (bicyclic) bond motifs is 1. The number of unbranched alkanes of at least 4 members (excludes halogenated alkanes) is 1. The van der Waals surface area contributed by atoms with Crippen molar-refractivity contribution in [3.8, 4) is 0 Å². The molecule has 1 saturated carbocycles. The number of hydrogen-bond acceptors (Lipinski definition) is 4. The third-order valence-electron chi connectivity index (χ3n) is 6.92. The summed E-state index contributed by atoms with van der Waals surface area (Å²) in [7, 11) is 0. The number of carbonyl (C=O) groups excluding carboxylic acids is 3. The maximum atomic E-state index is 13.5. The van der Waals surface area contributed by atoms with Crippen LogP contribution in [0.25, 0.3) is 0 Å². The van der Waals surface area contributed by atoms with Gasteiger partial charge in [0.2, 0.25) is 5.91 Å². The quantitative estimate of drug-likeness (QED) is 0.650. The summed E-state index contributed by atoms with van der Waals surface area (Å²) < 4.78 is 1.52. The standard InChI is InChI=1S/C26H35N5O3/c1-5-6-11-30-24(33)22-15-21(23(32)27-20-13-17(2)12-18(3)14-20)29-31(22)16-26(30,4)25(34)28-19-9-7-8-10-19/h12-15,19H,5-11,16H2,1-4H3,(H,27,32)(H,28,34). The van der Waals surface area contributed by atoms with E-state index in [0.29, 0.717) is 17.9 Å². The molecule has 2 aliphatic rings. The van der Waals surface area contributed by atoms with Crippen LogP contribution < -0.4 is 10.6 Å². The van der Waals surface area contributed by atoms with Crippen LogP contribution in [0.2, 0.25) is 0 Å². The van der Waals surface area contributed by atoms with Gasteiger partial charge in [-0.15, -0.1) is 0 Å². The van der Waals surface area contributed by atoms with Crippen molar-refractivity contribution in [1.82, 2.24) is 20.0 Å². The maximum Gasteiger partial charge on any atom is 0.276 e. The van der Waals surface area contributed by atoms with Crippen LogP contribution in [0.5, 0.6) is 0 Å². The summed E-state index contributed by atoms with van der Waals surface area (Å²) in [5.74, 6) is -0.787. The molecule has 1 aliphatic heterocycles. The van der Waals surface area contributed by atoms with Crippen molar-refractivity contribution in [2.45, 2.75) is 84.3 Å². The van der Waals surface area contributed by atoms with Crippen molar-refractivity contribution in [2.24, 2.45) is 0 Å². The Kier molecular flexibility index (Phi) is 6.77. The molecule has 8 nitrogen and oxygen atoms in total. The first-order chi connectivity index (χ1) is 16.2. The maximum absolute atomic E-state index is 13.5. The molecule has 0 bridgehead atoms. The molecule has 2 heterocycles. The third-order valence-corrected chi connectivity index (χ3v) is 6.92. The Hall–Kier alpha value is -3.16. The monoisotopic (exact) mass is 465 g/mol. The number of nitrogens with one attached hydrogen (secondary N) is 2. The van der Waals surface area contributed by atoms with Gasteiger partial charge in [-0.1, -0.05) is 32.3 Å². The van der Waals surface area contributed by atoms with Gasteiger partial charge in [0, 0.05) is 24.3 Å². The normalized spacial score (nSPS) is 20.4. The van der Waals surface area contributed by atoms with Gasteiger partial charge in [0.25, 0.3) is 11.8 Å². The van der Waals surface area contributed by atoms with Gasteiger partial charge in [-0.3, -0.25) is 19.1 Å². The van der Waals surface area contributed by atoms with Crippen molar-refractivity contribution in [2.75, 3.05) is 11.9 Å². The zero-order chi connectivity index (χ0) is 24.5. The number of rotatable bonds is 7. The summed E-state index contributed by atoms with van der Waals surface area (Å²) in [5.41, 5.74) is 2.22. The van der Waals surface area contributed by atoms with Gasteiger partial charge in [-0.2, -0.15) is 5.10 Å². The molecule has 1 aromatic heterocycles. The minimum absolute atomic E-state index is 0.147. The lowest BCUT2D eigenvalue weighted by atomic mass is 9.94. The second-order valence-corrected chi connectivity index (χ2v) is 9.94. The lowest BCUT2D eigenvalue weighted by Crippen LogP contribution is -2.65. The highest BCUT2D eigenvalue weighted by atomic mass is 16.2. The molecule has 1 aromatic carbocycles. The van der Waals surface area contributed by atoms with E-state index in [2.05, 4.69) is 22.7 Å². The molecule has 182 valence electrons. The van der Waals surface area contributed by atoms with Crippen molar-refractivity contribution < 1.29 is 14.4 Å². The molecule has 1 fully saturated rings. The van der Waals surface area contributed by atoms with Crippen LogP contribution in [0.3, 0.4) is 0 Å². The molecule has 2 aromatic rings. The highest BCUT2D eigenvalue weighted by Gasteiger charge is 2.48. The summed E-state index contributed by atoms with van der Waals surface area (Å²) in [6.45, 7) is 8.51. The Morgan fingerprint density at radius 2 is 1.79 bits per heavy atom. The SMILES string of the molecule is CCCCN1C(=O)c2cc(C(=O)Nc3cc(C)cc(C)c3)nn2CC1(C)C(=O)NC1CCCC1. The zero-order valence-corrected chi connectivity index (χ0v) is 20.6. The number of nitrogens with zero attached hydrogens (tertiary/aromatic N) is 3. The Labute approximate surface area is 201 Å². The smallest absolute Gasteiger partial charge is 0.276 e. The van der Waals surface area contributed by atoms with E-state index in [4.69, 9.17) is 0 Å². The fourth-order valence-corrected chi connectivity index (χ4v) is 5.07. The Bertz CT molecular complexity index is 1080. The third kappa shape index (κ3) is 4.72. The molecule has 0 saturated heterocycles. The van der Waals surface area contributed by atoms with E-state index >= 15 is 0 Å². The van der Waals surface area contributed by atoms with Crippen molar-refractivity contribution in [3.63, 3.8) is 0 Å². The van der Waals surface area contributed by atoms with Crippen LogP contribution in [-0.2, 0) is 11.3 Å². The average Bonchev–Trinajstić information content (AvgIpc) is 3.42.